The topological polar surface area (TPSA) is 0 Å². The molecule has 0 aliphatic heterocycles. The first kappa shape index (κ1) is 16.4. The molecule has 2 atom stereocenters. The van der Waals surface area contributed by atoms with E-state index in [4.69, 9.17) is 0 Å². The standard InChI is InChI=1S/C15H33P/c1-6-8-9-10-11-12-16-15(5,7-2)13-14(3)4/h14,16H,6-13H2,1-5H3. The van der Waals surface area contributed by atoms with Crippen LogP contribution in [-0.2, 0) is 0 Å². The first-order chi connectivity index (χ1) is 7.54. The van der Waals surface area contributed by atoms with Gasteiger partial charge in [-0.15, -0.1) is 8.58 Å². The molecule has 98 valence electrons. The van der Waals surface area contributed by atoms with Gasteiger partial charge in [0.2, 0.25) is 0 Å². The predicted molar refractivity (Wildman–Crippen MR) is 80.1 cm³/mol. The van der Waals surface area contributed by atoms with Crippen molar-refractivity contribution in [3.63, 3.8) is 0 Å². The normalized spacial score (nSPS) is 16.1. The summed E-state index contributed by atoms with van der Waals surface area (Å²) in [6, 6.07) is 0. The molecule has 1 heteroatoms. The third kappa shape index (κ3) is 8.57. The summed E-state index contributed by atoms with van der Waals surface area (Å²) in [5, 5.41) is 0.638. The lowest BCUT2D eigenvalue weighted by atomic mass is 9.96. The lowest BCUT2D eigenvalue weighted by Gasteiger charge is -2.30. The van der Waals surface area contributed by atoms with Gasteiger partial charge in [0.05, 0.1) is 0 Å². The zero-order chi connectivity index (χ0) is 12.4. The Morgan fingerprint density at radius 3 is 2.12 bits per heavy atom. The van der Waals surface area contributed by atoms with Crippen molar-refractivity contribution >= 4 is 8.58 Å². The molecule has 0 rings (SSSR count). The Hall–Kier alpha value is 0.430. The van der Waals surface area contributed by atoms with Crippen LogP contribution in [0.1, 0.15) is 79.6 Å². The Bertz CT molecular complexity index is 154. The molecule has 0 saturated carbocycles. The molecule has 0 bridgehead atoms. The maximum atomic E-state index is 2.50. The molecule has 0 spiro atoms. The molecule has 0 aromatic heterocycles. The van der Waals surface area contributed by atoms with Crippen LogP contribution in [0.5, 0.6) is 0 Å². The van der Waals surface area contributed by atoms with E-state index in [0.717, 1.165) is 5.92 Å². The van der Waals surface area contributed by atoms with E-state index in [1.165, 1.54) is 59.7 Å². The van der Waals surface area contributed by atoms with Gasteiger partial charge in [-0.25, -0.2) is 0 Å². The van der Waals surface area contributed by atoms with Crippen LogP contribution < -0.4 is 0 Å². The van der Waals surface area contributed by atoms with Crippen LogP contribution in [-0.4, -0.2) is 11.3 Å². The fourth-order valence-electron chi connectivity index (χ4n) is 2.36. The molecular weight excluding hydrogens is 211 g/mol. The first-order valence-corrected chi connectivity index (χ1v) is 8.49. The number of rotatable bonds is 10. The molecular formula is C15H33P. The van der Waals surface area contributed by atoms with Gasteiger partial charge in [-0.1, -0.05) is 60.3 Å². The molecule has 0 saturated heterocycles. The Balaban J connectivity index is 3.61. The highest BCUT2D eigenvalue weighted by atomic mass is 31.1. The molecule has 0 aliphatic rings. The second-order valence-electron chi connectivity index (χ2n) is 5.85. The van der Waals surface area contributed by atoms with Crippen molar-refractivity contribution in [3.05, 3.63) is 0 Å². The van der Waals surface area contributed by atoms with Gasteiger partial charge in [-0.05, 0) is 36.5 Å². The van der Waals surface area contributed by atoms with Gasteiger partial charge in [-0.2, -0.15) is 0 Å². The highest BCUT2D eigenvalue weighted by Crippen LogP contribution is 2.40. The van der Waals surface area contributed by atoms with Crippen molar-refractivity contribution in [2.24, 2.45) is 5.92 Å². The minimum Gasteiger partial charge on any atom is -0.116 e. The van der Waals surface area contributed by atoms with Crippen LogP contribution in [0.15, 0.2) is 0 Å². The molecule has 2 unspecified atom stereocenters. The molecule has 0 aliphatic carbocycles. The summed E-state index contributed by atoms with van der Waals surface area (Å²) in [6.45, 7) is 11.9. The number of hydrogen-bond acceptors (Lipinski definition) is 0. The lowest BCUT2D eigenvalue weighted by molar-refractivity contribution is 0.462. The summed E-state index contributed by atoms with van der Waals surface area (Å²) in [6.07, 6.45) is 11.4. The largest absolute Gasteiger partial charge is 0.116 e. The number of hydrogen-bond donors (Lipinski definition) is 0. The maximum absolute atomic E-state index is 2.50. The van der Waals surface area contributed by atoms with Gasteiger partial charge in [0.25, 0.3) is 0 Å². The van der Waals surface area contributed by atoms with Crippen molar-refractivity contribution < 1.29 is 0 Å². The number of unbranched alkanes of at least 4 members (excludes halogenated alkanes) is 4. The van der Waals surface area contributed by atoms with Gasteiger partial charge in [0, 0.05) is 0 Å². The quantitative estimate of drug-likeness (QED) is 0.334. The van der Waals surface area contributed by atoms with E-state index >= 15 is 0 Å². The van der Waals surface area contributed by atoms with Crippen LogP contribution in [0, 0.1) is 5.92 Å². The molecule has 0 aromatic carbocycles. The lowest BCUT2D eigenvalue weighted by Crippen LogP contribution is -2.20. The Labute approximate surface area is 106 Å². The molecule has 0 amide bonds. The fraction of sp³-hybridized carbons (Fsp3) is 1.00. The van der Waals surface area contributed by atoms with E-state index < -0.39 is 0 Å². The van der Waals surface area contributed by atoms with Crippen LogP contribution in [0.25, 0.3) is 0 Å². The Morgan fingerprint density at radius 1 is 1.00 bits per heavy atom. The summed E-state index contributed by atoms with van der Waals surface area (Å²) in [4.78, 5) is 0. The van der Waals surface area contributed by atoms with Crippen molar-refractivity contribution in [2.75, 3.05) is 6.16 Å². The predicted octanol–water partition coefficient (Wildman–Crippen LogP) is 5.85. The first-order valence-electron chi connectivity index (χ1n) is 7.29. The summed E-state index contributed by atoms with van der Waals surface area (Å²) in [7, 11) is 1.18. The third-order valence-corrected chi connectivity index (χ3v) is 5.49. The van der Waals surface area contributed by atoms with Crippen molar-refractivity contribution in [2.45, 2.75) is 84.7 Å². The summed E-state index contributed by atoms with van der Waals surface area (Å²) >= 11 is 0. The third-order valence-electron chi connectivity index (χ3n) is 3.47. The van der Waals surface area contributed by atoms with E-state index in [1.807, 2.05) is 0 Å². The molecule has 0 nitrogen and oxygen atoms in total. The molecule has 0 heterocycles. The van der Waals surface area contributed by atoms with E-state index in [2.05, 4.69) is 34.6 Å². The SMILES string of the molecule is CCCCCCCPC(C)(CC)CC(C)C. The highest BCUT2D eigenvalue weighted by molar-refractivity contribution is 7.39. The van der Waals surface area contributed by atoms with Gasteiger partial charge < -0.3 is 0 Å². The smallest absolute Gasteiger partial charge is 0.0150 e. The second kappa shape index (κ2) is 9.46. The molecule has 16 heavy (non-hydrogen) atoms. The minimum atomic E-state index is 0.638. The zero-order valence-corrected chi connectivity index (χ0v) is 13.2. The van der Waals surface area contributed by atoms with Gasteiger partial charge >= 0.3 is 0 Å². The molecule has 0 fully saturated rings. The van der Waals surface area contributed by atoms with E-state index in [9.17, 15) is 0 Å². The summed E-state index contributed by atoms with van der Waals surface area (Å²) < 4.78 is 0. The fourth-order valence-corrected chi connectivity index (χ4v) is 4.19. The molecule has 0 aromatic rings. The maximum Gasteiger partial charge on any atom is -0.0150 e. The average molecular weight is 244 g/mol. The monoisotopic (exact) mass is 244 g/mol. The van der Waals surface area contributed by atoms with E-state index in [0.29, 0.717) is 5.16 Å². The van der Waals surface area contributed by atoms with Crippen molar-refractivity contribution in [1.82, 2.24) is 0 Å². The Kier molecular flexibility index (Phi) is 9.71. The summed E-state index contributed by atoms with van der Waals surface area (Å²) in [5.74, 6) is 0.859. The van der Waals surface area contributed by atoms with Crippen LogP contribution in [0.2, 0.25) is 0 Å². The van der Waals surface area contributed by atoms with Gasteiger partial charge in [-0.3, -0.25) is 0 Å². The van der Waals surface area contributed by atoms with Crippen molar-refractivity contribution in [1.29, 1.82) is 0 Å². The molecule has 0 N–H and O–H groups in total. The van der Waals surface area contributed by atoms with Crippen molar-refractivity contribution in [3.8, 4) is 0 Å². The zero-order valence-electron chi connectivity index (χ0n) is 12.2. The minimum absolute atomic E-state index is 0.638. The summed E-state index contributed by atoms with van der Waals surface area (Å²) in [5.41, 5.74) is 0. The molecule has 0 radical (unpaired) electrons. The average Bonchev–Trinajstić information content (AvgIpc) is 2.22. The van der Waals surface area contributed by atoms with E-state index in [-0.39, 0.29) is 0 Å². The van der Waals surface area contributed by atoms with Crippen LogP contribution in [0.3, 0.4) is 0 Å². The van der Waals surface area contributed by atoms with Crippen LogP contribution >= 0.6 is 8.58 Å². The second-order valence-corrected chi connectivity index (χ2v) is 7.91. The van der Waals surface area contributed by atoms with Crippen LogP contribution in [0.4, 0.5) is 0 Å². The van der Waals surface area contributed by atoms with Gasteiger partial charge in [0.1, 0.15) is 0 Å². The van der Waals surface area contributed by atoms with E-state index in [1.54, 1.807) is 0 Å². The Morgan fingerprint density at radius 2 is 1.62 bits per heavy atom. The highest BCUT2D eigenvalue weighted by Gasteiger charge is 2.22. The van der Waals surface area contributed by atoms with Gasteiger partial charge in [0.15, 0.2) is 0 Å².